The van der Waals surface area contributed by atoms with Gasteiger partial charge in [0.15, 0.2) is 0 Å². The minimum absolute atomic E-state index is 0.255. The van der Waals surface area contributed by atoms with Crippen molar-refractivity contribution in [1.82, 2.24) is 5.32 Å². The van der Waals surface area contributed by atoms with Gasteiger partial charge in [-0.15, -0.1) is 0 Å². The molecule has 2 nitrogen and oxygen atoms in total. The third-order valence-electron chi connectivity index (χ3n) is 5.66. The highest BCUT2D eigenvalue weighted by molar-refractivity contribution is 5.02. The van der Waals surface area contributed by atoms with Gasteiger partial charge in [-0.05, 0) is 74.7 Å². The molecule has 0 spiro atoms. The van der Waals surface area contributed by atoms with E-state index in [0.717, 1.165) is 24.3 Å². The molecule has 0 bridgehead atoms. The third kappa shape index (κ3) is 2.75. The average Bonchev–Trinajstić information content (AvgIpc) is 3.20. The topological polar surface area (TPSA) is 38.0 Å². The third-order valence-corrected chi connectivity index (χ3v) is 5.66. The first kappa shape index (κ1) is 12.9. The molecule has 0 aromatic heterocycles. The van der Waals surface area contributed by atoms with Crippen molar-refractivity contribution >= 4 is 0 Å². The molecule has 0 amide bonds. The van der Waals surface area contributed by atoms with Crippen LogP contribution in [0.2, 0.25) is 0 Å². The van der Waals surface area contributed by atoms with E-state index < -0.39 is 0 Å². The molecule has 0 heterocycles. The molecule has 0 aromatic carbocycles. The minimum Gasteiger partial charge on any atom is -0.329 e. The number of nitrogens with one attached hydrogen (secondary N) is 1. The standard InChI is InChI=1S/C16H30N2/c1-15(2)7-8-16(10-15,11-17)18-9-14(12-3-4-12)13-5-6-13/h12-14,18H,3-11,17H2,1-2H3. The first-order valence-corrected chi connectivity index (χ1v) is 7.99. The van der Waals surface area contributed by atoms with Crippen LogP contribution in [0.1, 0.15) is 58.8 Å². The lowest BCUT2D eigenvalue weighted by Crippen LogP contribution is -2.51. The summed E-state index contributed by atoms with van der Waals surface area (Å²) in [5, 5.41) is 3.92. The predicted octanol–water partition coefficient (Wildman–Crippen LogP) is 2.92. The maximum Gasteiger partial charge on any atom is 0.0309 e. The molecule has 0 saturated heterocycles. The summed E-state index contributed by atoms with van der Waals surface area (Å²) in [6.07, 6.45) is 9.83. The van der Waals surface area contributed by atoms with Crippen molar-refractivity contribution < 1.29 is 0 Å². The van der Waals surface area contributed by atoms with E-state index >= 15 is 0 Å². The zero-order valence-electron chi connectivity index (χ0n) is 12.2. The Bertz CT molecular complexity index is 292. The van der Waals surface area contributed by atoms with E-state index in [4.69, 9.17) is 5.73 Å². The van der Waals surface area contributed by atoms with Crippen LogP contribution in [0, 0.1) is 23.2 Å². The van der Waals surface area contributed by atoms with Crippen LogP contribution in [0.3, 0.4) is 0 Å². The molecule has 3 aliphatic rings. The lowest BCUT2D eigenvalue weighted by atomic mass is 9.87. The van der Waals surface area contributed by atoms with Gasteiger partial charge < -0.3 is 11.1 Å². The molecule has 1 atom stereocenters. The fourth-order valence-corrected chi connectivity index (χ4v) is 4.17. The van der Waals surface area contributed by atoms with Crippen LogP contribution >= 0.6 is 0 Å². The second-order valence-electron chi connectivity index (χ2n) is 8.05. The Morgan fingerprint density at radius 1 is 1.11 bits per heavy atom. The summed E-state index contributed by atoms with van der Waals surface area (Å²) in [4.78, 5) is 0. The van der Waals surface area contributed by atoms with Gasteiger partial charge in [-0.2, -0.15) is 0 Å². The molecule has 3 saturated carbocycles. The Morgan fingerprint density at radius 2 is 1.72 bits per heavy atom. The summed E-state index contributed by atoms with van der Waals surface area (Å²) in [6, 6.07) is 0. The Labute approximate surface area is 112 Å². The van der Waals surface area contributed by atoms with Gasteiger partial charge in [0.05, 0.1) is 0 Å². The number of rotatable bonds is 6. The van der Waals surface area contributed by atoms with Gasteiger partial charge in [-0.1, -0.05) is 13.8 Å². The first-order valence-electron chi connectivity index (χ1n) is 7.99. The van der Waals surface area contributed by atoms with Crippen molar-refractivity contribution in [3.63, 3.8) is 0 Å². The summed E-state index contributed by atoms with van der Waals surface area (Å²) in [7, 11) is 0. The highest BCUT2D eigenvalue weighted by atomic mass is 15.0. The molecule has 0 radical (unpaired) electrons. The molecule has 104 valence electrons. The van der Waals surface area contributed by atoms with Crippen LogP contribution in [0.15, 0.2) is 0 Å². The Balaban J connectivity index is 1.57. The summed E-state index contributed by atoms with van der Waals surface area (Å²) in [5.74, 6) is 3.07. The number of hydrogen-bond donors (Lipinski definition) is 2. The van der Waals surface area contributed by atoms with E-state index in [0.29, 0.717) is 5.41 Å². The largest absolute Gasteiger partial charge is 0.329 e. The molecule has 3 rings (SSSR count). The van der Waals surface area contributed by atoms with Crippen molar-refractivity contribution in [2.24, 2.45) is 28.9 Å². The van der Waals surface area contributed by atoms with Crippen molar-refractivity contribution in [2.45, 2.75) is 64.3 Å². The van der Waals surface area contributed by atoms with Gasteiger partial charge in [0, 0.05) is 12.1 Å². The summed E-state index contributed by atoms with van der Waals surface area (Å²) < 4.78 is 0. The summed E-state index contributed by atoms with van der Waals surface area (Å²) >= 11 is 0. The second kappa shape index (κ2) is 4.49. The maximum atomic E-state index is 6.10. The van der Waals surface area contributed by atoms with Gasteiger partial charge in [0.1, 0.15) is 0 Å². The quantitative estimate of drug-likeness (QED) is 0.760. The van der Waals surface area contributed by atoms with Crippen LogP contribution in [0.25, 0.3) is 0 Å². The SMILES string of the molecule is CC1(C)CCC(CN)(NCC(C2CC2)C2CC2)C1. The molecule has 2 heteroatoms. The fraction of sp³-hybridized carbons (Fsp3) is 1.00. The van der Waals surface area contributed by atoms with Gasteiger partial charge in [0.25, 0.3) is 0 Å². The van der Waals surface area contributed by atoms with Crippen molar-refractivity contribution in [2.75, 3.05) is 13.1 Å². The molecule has 3 fully saturated rings. The van der Waals surface area contributed by atoms with Crippen LogP contribution in [0.5, 0.6) is 0 Å². The van der Waals surface area contributed by atoms with Crippen molar-refractivity contribution in [1.29, 1.82) is 0 Å². The van der Waals surface area contributed by atoms with Crippen LogP contribution < -0.4 is 11.1 Å². The number of hydrogen-bond acceptors (Lipinski definition) is 2. The average molecular weight is 250 g/mol. The highest BCUT2D eigenvalue weighted by Crippen LogP contribution is 2.49. The zero-order valence-corrected chi connectivity index (χ0v) is 12.2. The van der Waals surface area contributed by atoms with E-state index in [9.17, 15) is 0 Å². The molecular weight excluding hydrogens is 220 g/mol. The first-order chi connectivity index (χ1) is 8.54. The van der Waals surface area contributed by atoms with Crippen LogP contribution in [-0.2, 0) is 0 Å². The molecule has 3 aliphatic carbocycles. The molecule has 0 aromatic rings. The lowest BCUT2D eigenvalue weighted by Gasteiger charge is -2.33. The highest BCUT2D eigenvalue weighted by Gasteiger charge is 2.45. The molecule has 1 unspecified atom stereocenters. The van der Waals surface area contributed by atoms with Crippen molar-refractivity contribution in [3.05, 3.63) is 0 Å². The maximum absolute atomic E-state index is 6.10. The van der Waals surface area contributed by atoms with Gasteiger partial charge in [0.2, 0.25) is 0 Å². The lowest BCUT2D eigenvalue weighted by molar-refractivity contribution is 0.257. The zero-order chi connectivity index (χ0) is 12.8. The Morgan fingerprint density at radius 3 is 2.11 bits per heavy atom. The van der Waals surface area contributed by atoms with Gasteiger partial charge in [-0.3, -0.25) is 0 Å². The normalized spacial score (nSPS) is 35.3. The molecule has 3 N–H and O–H groups in total. The number of nitrogens with two attached hydrogens (primary N) is 1. The van der Waals surface area contributed by atoms with Crippen LogP contribution in [0.4, 0.5) is 0 Å². The molecular formula is C16H30N2. The van der Waals surface area contributed by atoms with E-state index in [-0.39, 0.29) is 5.54 Å². The fourth-order valence-electron chi connectivity index (χ4n) is 4.17. The second-order valence-corrected chi connectivity index (χ2v) is 8.05. The smallest absolute Gasteiger partial charge is 0.0309 e. The van der Waals surface area contributed by atoms with E-state index in [1.165, 1.54) is 51.5 Å². The van der Waals surface area contributed by atoms with Gasteiger partial charge >= 0.3 is 0 Å². The van der Waals surface area contributed by atoms with Crippen LogP contribution in [-0.4, -0.2) is 18.6 Å². The van der Waals surface area contributed by atoms with Crippen molar-refractivity contribution in [3.8, 4) is 0 Å². The molecule has 0 aliphatic heterocycles. The monoisotopic (exact) mass is 250 g/mol. The Hall–Kier alpha value is -0.0800. The summed E-state index contributed by atoms with van der Waals surface area (Å²) in [5.41, 5.74) is 6.84. The van der Waals surface area contributed by atoms with E-state index in [1.54, 1.807) is 0 Å². The molecule has 18 heavy (non-hydrogen) atoms. The Kier molecular flexibility index (Phi) is 3.22. The predicted molar refractivity (Wildman–Crippen MR) is 76.4 cm³/mol. The van der Waals surface area contributed by atoms with Gasteiger partial charge in [-0.25, -0.2) is 0 Å². The van der Waals surface area contributed by atoms with E-state index in [1.807, 2.05) is 0 Å². The minimum atomic E-state index is 0.255. The van der Waals surface area contributed by atoms with E-state index in [2.05, 4.69) is 19.2 Å². The summed E-state index contributed by atoms with van der Waals surface area (Å²) in [6.45, 7) is 6.85.